The molecule has 26 heavy (non-hydrogen) atoms. The first-order chi connectivity index (χ1) is 12.6. The van der Waals surface area contributed by atoms with Crippen LogP contribution < -0.4 is 10.6 Å². The second-order valence-corrected chi connectivity index (χ2v) is 6.41. The monoisotopic (exact) mass is 357 g/mol. The second kappa shape index (κ2) is 8.67. The highest BCUT2D eigenvalue weighted by Gasteiger charge is 2.29. The summed E-state index contributed by atoms with van der Waals surface area (Å²) in [5, 5.41) is 0. The largest absolute Gasteiger partial charge is 0.438 e. The van der Waals surface area contributed by atoms with Crippen molar-refractivity contribution in [3.63, 3.8) is 0 Å². The fraction of sp³-hybridized carbons (Fsp3) is 0.350. The molecule has 1 aliphatic rings. The van der Waals surface area contributed by atoms with Crippen LogP contribution in [0, 0.1) is 0 Å². The van der Waals surface area contributed by atoms with Gasteiger partial charge in [-0.2, -0.15) is 0 Å². The normalized spacial score (nSPS) is 17.5. The standard InChI is InChI=1S/C20H24FN3O2/c21-18(19(26-20(22)25)16-7-3-1-4-8-16)15-23-11-13-24(14-12-23)17-9-5-2-6-10-17/h1-10,18-19H,11-15H2,(H2,22,25). The first-order valence-corrected chi connectivity index (χ1v) is 8.81. The molecule has 2 aromatic carbocycles. The predicted octanol–water partition coefficient (Wildman–Crippen LogP) is 2.98. The van der Waals surface area contributed by atoms with Crippen molar-refractivity contribution >= 4 is 11.8 Å². The van der Waals surface area contributed by atoms with Gasteiger partial charge in [-0.05, 0) is 17.7 Å². The molecule has 2 N–H and O–H groups in total. The van der Waals surface area contributed by atoms with Gasteiger partial charge in [0.05, 0.1) is 0 Å². The van der Waals surface area contributed by atoms with Crippen LogP contribution in [-0.2, 0) is 4.74 Å². The maximum absolute atomic E-state index is 14.9. The zero-order valence-electron chi connectivity index (χ0n) is 14.6. The van der Waals surface area contributed by atoms with Gasteiger partial charge in [0.1, 0.15) is 0 Å². The van der Waals surface area contributed by atoms with Crippen LogP contribution >= 0.6 is 0 Å². The average Bonchev–Trinajstić information content (AvgIpc) is 2.68. The lowest BCUT2D eigenvalue weighted by Gasteiger charge is -2.37. The molecule has 0 aromatic heterocycles. The Kier molecular flexibility index (Phi) is 6.07. The van der Waals surface area contributed by atoms with Crippen molar-refractivity contribution in [3.05, 3.63) is 66.2 Å². The van der Waals surface area contributed by atoms with Crippen LogP contribution in [-0.4, -0.2) is 49.9 Å². The number of ether oxygens (including phenoxy) is 1. The minimum atomic E-state index is -1.34. The summed E-state index contributed by atoms with van der Waals surface area (Å²) in [5.41, 5.74) is 6.93. The van der Waals surface area contributed by atoms with E-state index in [1.807, 2.05) is 24.3 Å². The highest BCUT2D eigenvalue weighted by Crippen LogP contribution is 2.25. The van der Waals surface area contributed by atoms with E-state index in [-0.39, 0.29) is 6.54 Å². The number of nitrogens with two attached hydrogens (primary N) is 1. The van der Waals surface area contributed by atoms with Crippen molar-refractivity contribution in [1.29, 1.82) is 0 Å². The van der Waals surface area contributed by atoms with E-state index in [0.29, 0.717) is 5.56 Å². The molecule has 6 heteroatoms. The third kappa shape index (κ3) is 4.73. The predicted molar refractivity (Wildman–Crippen MR) is 99.8 cm³/mol. The Morgan fingerprint density at radius 3 is 2.15 bits per heavy atom. The minimum absolute atomic E-state index is 0.204. The van der Waals surface area contributed by atoms with Gasteiger partial charge in [-0.15, -0.1) is 0 Å². The minimum Gasteiger partial charge on any atom is -0.438 e. The number of nitrogens with zero attached hydrogens (tertiary/aromatic N) is 2. The highest BCUT2D eigenvalue weighted by atomic mass is 19.1. The van der Waals surface area contributed by atoms with Crippen LogP contribution in [0.1, 0.15) is 11.7 Å². The molecule has 1 aliphatic heterocycles. The topological polar surface area (TPSA) is 58.8 Å². The van der Waals surface area contributed by atoms with E-state index < -0.39 is 18.4 Å². The van der Waals surface area contributed by atoms with Crippen molar-refractivity contribution < 1.29 is 13.9 Å². The summed E-state index contributed by atoms with van der Waals surface area (Å²) in [4.78, 5) is 15.5. The first-order valence-electron chi connectivity index (χ1n) is 8.81. The molecule has 3 rings (SSSR count). The van der Waals surface area contributed by atoms with Crippen LogP contribution in [0.15, 0.2) is 60.7 Å². The van der Waals surface area contributed by atoms with E-state index in [4.69, 9.17) is 10.5 Å². The zero-order chi connectivity index (χ0) is 18.4. The summed E-state index contributed by atoms with van der Waals surface area (Å²) in [6.07, 6.45) is -3.29. The number of hydrogen-bond donors (Lipinski definition) is 1. The average molecular weight is 357 g/mol. The van der Waals surface area contributed by atoms with Crippen LogP contribution in [0.25, 0.3) is 0 Å². The number of benzene rings is 2. The number of carbonyl (C=O) groups is 1. The van der Waals surface area contributed by atoms with E-state index in [2.05, 4.69) is 21.9 Å². The molecule has 0 bridgehead atoms. The van der Waals surface area contributed by atoms with Crippen molar-refractivity contribution in [2.45, 2.75) is 12.3 Å². The number of halogens is 1. The Morgan fingerprint density at radius 2 is 1.58 bits per heavy atom. The first kappa shape index (κ1) is 18.2. The number of alkyl halides is 1. The Morgan fingerprint density at radius 1 is 1.00 bits per heavy atom. The van der Waals surface area contributed by atoms with Crippen molar-refractivity contribution in [1.82, 2.24) is 4.90 Å². The summed E-state index contributed by atoms with van der Waals surface area (Å²) in [6.45, 7) is 3.39. The van der Waals surface area contributed by atoms with Crippen molar-refractivity contribution in [2.75, 3.05) is 37.6 Å². The Bertz CT molecular complexity index is 691. The van der Waals surface area contributed by atoms with Crippen LogP contribution in [0.4, 0.5) is 14.9 Å². The molecule has 0 spiro atoms. The molecular formula is C20H24FN3O2. The van der Waals surface area contributed by atoms with Gasteiger partial charge >= 0.3 is 6.09 Å². The molecule has 2 aromatic rings. The molecule has 0 radical (unpaired) electrons. The van der Waals surface area contributed by atoms with Gasteiger partial charge in [0.25, 0.3) is 0 Å². The van der Waals surface area contributed by atoms with Gasteiger partial charge < -0.3 is 15.4 Å². The van der Waals surface area contributed by atoms with Crippen LogP contribution in [0.5, 0.6) is 0 Å². The summed E-state index contributed by atoms with van der Waals surface area (Å²) >= 11 is 0. The van der Waals surface area contributed by atoms with E-state index in [0.717, 1.165) is 26.2 Å². The number of primary amides is 1. The van der Waals surface area contributed by atoms with E-state index in [1.165, 1.54) is 5.69 Å². The summed E-state index contributed by atoms with van der Waals surface area (Å²) in [6, 6.07) is 19.1. The van der Waals surface area contributed by atoms with Crippen LogP contribution in [0.2, 0.25) is 0 Å². The third-order valence-electron chi connectivity index (χ3n) is 4.63. The highest BCUT2D eigenvalue weighted by molar-refractivity contribution is 5.65. The number of anilines is 1. The molecule has 5 nitrogen and oxygen atoms in total. The molecule has 1 amide bonds. The number of amides is 1. The zero-order valence-corrected chi connectivity index (χ0v) is 14.6. The molecule has 2 atom stereocenters. The maximum Gasteiger partial charge on any atom is 0.405 e. The Balaban J connectivity index is 1.58. The van der Waals surface area contributed by atoms with Gasteiger partial charge in [-0.1, -0.05) is 48.5 Å². The lowest BCUT2D eigenvalue weighted by Crippen LogP contribution is -2.49. The second-order valence-electron chi connectivity index (χ2n) is 6.41. The molecule has 138 valence electrons. The summed E-state index contributed by atoms with van der Waals surface area (Å²) < 4.78 is 20.0. The number of hydrogen-bond acceptors (Lipinski definition) is 4. The Hall–Kier alpha value is -2.60. The SMILES string of the molecule is NC(=O)OC(c1ccccc1)C(F)CN1CCN(c2ccccc2)CC1. The fourth-order valence-electron chi connectivity index (χ4n) is 3.29. The number of piperazine rings is 1. The third-order valence-corrected chi connectivity index (χ3v) is 4.63. The lowest BCUT2D eigenvalue weighted by atomic mass is 10.0. The summed E-state index contributed by atoms with van der Waals surface area (Å²) in [7, 11) is 0. The number of rotatable bonds is 6. The van der Waals surface area contributed by atoms with Gasteiger partial charge in [0.15, 0.2) is 12.3 Å². The molecule has 0 aliphatic carbocycles. The lowest BCUT2D eigenvalue weighted by molar-refractivity contribution is 0.0307. The van der Waals surface area contributed by atoms with Gasteiger partial charge in [0.2, 0.25) is 0 Å². The van der Waals surface area contributed by atoms with Crippen LogP contribution in [0.3, 0.4) is 0 Å². The van der Waals surface area contributed by atoms with E-state index in [9.17, 15) is 9.18 Å². The number of carbonyl (C=O) groups excluding carboxylic acids is 1. The maximum atomic E-state index is 14.9. The molecule has 1 fully saturated rings. The van der Waals surface area contributed by atoms with E-state index in [1.54, 1.807) is 24.3 Å². The molecule has 1 saturated heterocycles. The van der Waals surface area contributed by atoms with Gasteiger partial charge in [-0.25, -0.2) is 9.18 Å². The number of para-hydroxylation sites is 1. The fourth-order valence-corrected chi connectivity index (χ4v) is 3.29. The van der Waals surface area contributed by atoms with Crippen molar-refractivity contribution in [2.24, 2.45) is 5.73 Å². The molecule has 0 saturated carbocycles. The quantitative estimate of drug-likeness (QED) is 0.863. The smallest absolute Gasteiger partial charge is 0.405 e. The Labute approximate surface area is 153 Å². The summed E-state index contributed by atoms with van der Waals surface area (Å²) in [5.74, 6) is 0. The van der Waals surface area contributed by atoms with E-state index >= 15 is 0 Å². The molecule has 2 unspecified atom stereocenters. The molecule has 1 heterocycles. The van der Waals surface area contributed by atoms with Gasteiger partial charge in [-0.3, -0.25) is 4.90 Å². The molecular weight excluding hydrogens is 333 g/mol. The van der Waals surface area contributed by atoms with Crippen molar-refractivity contribution in [3.8, 4) is 0 Å². The van der Waals surface area contributed by atoms with Gasteiger partial charge in [0, 0.05) is 38.4 Å².